The molecule has 0 fully saturated rings. The Bertz CT molecular complexity index is 1300. The highest BCUT2D eigenvalue weighted by atomic mass is 16.6. The fraction of sp³-hybridized carbons (Fsp3) is 0.200. The summed E-state index contributed by atoms with van der Waals surface area (Å²) in [6.07, 6.45) is 0.218. The Morgan fingerprint density at radius 2 is 1.81 bits per heavy atom. The zero-order chi connectivity index (χ0) is 22.1. The van der Waals surface area contributed by atoms with Crippen molar-refractivity contribution in [3.05, 3.63) is 66.2 Å². The van der Waals surface area contributed by atoms with Crippen LogP contribution in [0.4, 0.5) is 11.5 Å². The summed E-state index contributed by atoms with van der Waals surface area (Å²) in [6.45, 7) is 1.06. The Labute approximate surface area is 186 Å². The number of aromatic nitrogens is 2. The molecule has 3 aromatic carbocycles. The Morgan fingerprint density at radius 1 is 1.00 bits per heavy atom. The predicted octanol–water partition coefficient (Wildman–Crippen LogP) is 4.25. The summed E-state index contributed by atoms with van der Waals surface area (Å²) in [5.41, 5.74) is 5.01. The van der Waals surface area contributed by atoms with Gasteiger partial charge < -0.3 is 19.7 Å². The molecule has 0 saturated carbocycles. The first-order chi connectivity index (χ1) is 15.6. The highest BCUT2D eigenvalue weighted by Crippen LogP contribution is 2.32. The maximum atomic E-state index is 12.7. The third kappa shape index (κ3) is 3.97. The topological polar surface area (TPSA) is 79.5 Å². The number of hydrogen-bond acceptors (Lipinski definition) is 5. The molecule has 1 aliphatic rings. The van der Waals surface area contributed by atoms with Crippen molar-refractivity contribution < 1.29 is 14.3 Å². The van der Waals surface area contributed by atoms with Gasteiger partial charge in [-0.2, -0.15) is 5.10 Å². The molecular weight excluding hydrogens is 404 g/mol. The Morgan fingerprint density at radius 3 is 2.66 bits per heavy atom. The van der Waals surface area contributed by atoms with Crippen molar-refractivity contribution in [3.8, 4) is 22.6 Å². The Hall–Kier alpha value is -4.00. The van der Waals surface area contributed by atoms with Gasteiger partial charge in [-0.3, -0.25) is 9.89 Å². The number of benzene rings is 3. The third-order valence-corrected chi connectivity index (χ3v) is 5.49. The number of H-pyrrole nitrogens is 1. The molecule has 7 nitrogen and oxygen atoms in total. The number of hydrogen-bond donors (Lipinski definition) is 2. The molecule has 4 aromatic rings. The van der Waals surface area contributed by atoms with Crippen LogP contribution in [0.5, 0.6) is 11.5 Å². The number of ether oxygens (including phenoxy) is 2. The van der Waals surface area contributed by atoms with Gasteiger partial charge >= 0.3 is 0 Å². The van der Waals surface area contributed by atoms with E-state index >= 15 is 0 Å². The zero-order valence-corrected chi connectivity index (χ0v) is 18.0. The first-order valence-corrected chi connectivity index (χ1v) is 10.5. The van der Waals surface area contributed by atoms with Gasteiger partial charge in [0.2, 0.25) is 5.91 Å². The molecule has 1 amide bonds. The molecule has 0 radical (unpaired) electrons. The van der Waals surface area contributed by atoms with E-state index in [-0.39, 0.29) is 12.3 Å². The van der Waals surface area contributed by atoms with Gasteiger partial charge in [0.15, 0.2) is 17.3 Å². The maximum Gasteiger partial charge on any atom is 0.230 e. The molecule has 162 valence electrons. The molecule has 0 bridgehead atoms. The minimum atomic E-state index is -0.143. The lowest BCUT2D eigenvalue weighted by Gasteiger charge is -2.18. The van der Waals surface area contributed by atoms with Crippen LogP contribution in [0, 0.1) is 0 Å². The Kier molecular flexibility index (Phi) is 5.15. The molecule has 0 atom stereocenters. The van der Waals surface area contributed by atoms with Crippen LogP contribution in [0.3, 0.4) is 0 Å². The van der Waals surface area contributed by atoms with Crippen molar-refractivity contribution in [2.45, 2.75) is 6.42 Å². The van der Waals surface area contributed by atoms with Crippen LogP contribution >= 0.6 is 0 Å². The van der Waals surface area contributed by atoms with E-state index < -0.39 is 0 Å². The fourth-order valence-electron chi connectivity index (χ4n) is 3.81. The number of nitrogens with zero attached hydrogens (tertiary/aromatic N) is 2. The van der Waals surface area contributed by atoms with Gasteiger partial charge in [-0.25, -0.2) is 0 Å². The van der Waals surface area contributed by atoms with Gasteiger partial charge in [0.05, 0.1) is 11.9 Å². The van der Waals surface area contributed by atoms with Gasteiger partial charge in [0.1, 0.15) is 13.2 Å². The van der Waals surface area contributed by atoms with Crippen molar-refractivity contribution >= 4 is 28.3 Å². The highest BCUT2D eigenvalue weighted by molar-refractivity contribution is 6.01. The van der Waals surface area contributed by atoms with Gasteiger partial charge in [-0.05, 0) is 53.1 Å². The van der Waals surface area contributed by atoms with Gasteiger partial charge in [-0.15, -0.1) is 0 Å². The summed E-state index contributed by atoms with van der Waals surface area (Å²) in [5, 5.41) is 11.1. The molecule has 1 aromatic heterocycles. The van der Waals surface area contributed by atoms with E-state index in [4.69, 9.17) is 9.47 Å². The fourth-order valence-corrected chi connectivity index (χ4v) is 3.81. The van der Waals surface area contributed by atoms with E-state index in [9.17, 15) is 4.79 Å². The predicted molar refractivity (Wildman–Crippen MR) is 126 cm³/mol. The second kappa shape index (κ2) is 8.26. The summed E-state index contributed by atoms with van der Waals surface area (Å²) < 4.78 is 11.2. The van der Waals surface area contributed by atoms with E-state index in [1.807, 2.05) is 50.5 Å². The molecule has 0 unspecified atom stereocenters. The van der Waals surface area contributed by atoms with Crippen LogP contribution in [0.1, 0.15) is 5.56 Å². The largest absolute Gasteiger partial charge is 0.486 e. The monoisotopic (exact) mass is 428 g/mol. The average molecular weight is 428 g/mol. The number of carbonyl (C=O) groups excluding carboxylic acids is 1. The lowest BCUT2D eigenvalue weighted by molar-refractivity contribution is -0.115. The standard InChI is InChI=1S/C25H24N4O3/c1-29(2)19-5-3-4-17(14-19)18-7-8-21-20(15-18)25(28-27-21)26-24(30)13-16-6-9-22-23(12-16)32-11-10-31-22/h3-9,12,14-15H,10-11,13H2,1-2H3,(H2,26,27,28,30). The minimum absolute atomic E-state index is 0.143. The maximum absolute atomic E-state index is 12.7. The number of carbonyl (C=O) groups is 1. The summed E-state index contributed by atoms with van der Waals surface area (Å²) in [5.74, 6) is 1.77. The van der Waals surface area contributed by atoms with Gasteiger partial charge in [0.25, 0.3) is 0 Å². The van der Waals surface area contributed by atoms with Crippen LogP contribution < -0.4 is 19.7 Å². The molecule has 2 N–H and O–H groups in total. The van der Waals surface area contributed by atoms with Crippen LogP contribution in [-0.2, 0) is 11.2 Å². The third-order valence-electron chi connectivity index (χ3n) is 5.49. The van der Waals surface area contributed by atoms with E-state index in [2.05, 4.69) is 44.7 Å². The Balaban J connectivity index is 1.37. The lowest BCUT2D eigenvalue weighted by atomic mass is 10.0. The number of rotatable bonds is 5. The number of amides is 1. The summed E-state index contributed by atoms with van der Waals surface area (Å²) in [4.78, 5) is 14.8. The van der Waals surface area contributed by atoms with Crippen molar-refractivity contribution in [2.75, 3.05) is 37.5 Å². The molecule has 7 heteroatoms. The number of fused-ring (bicyclic) bond motifs is 2. The average Bonchev–Trinajstić information content (AvgIpc) is 3.21. The smallest absolute Gasteiger partial charge is 0.230 e. The number of aromatic amines is 1. The molecule has 1 aliphatic heterocycles. The van der Waals surface area contributed by atoms with Crippen molar-refractivity contribution in [1.29, 1.82) is 0 Å². The first kappa shape index (κ1) is 19.9. The SMILES string of the molecule is CN(C)c1cccc(-c2ccc3[nH]nc(NC(=O)Cc4ccc5c(c4)OCCO5)c3c2)c1. The van der Waals surface area contributed by atoms with Crippen molar-refractivity contribution in [1.82, 2.24) is 10.2 Å². The molecular formula is C25H24N4O3. The normalized spacial score (nSPS) is 12.6. The van der Waals surface area contributed by atoms with Gasteiger partial charge in [0, 0.05) is 25.2 Å². The minimum Gasteiger partial charge on any atom is -0.486 e. The second-order valence-electron chi connectivity index (χ2n) is 7.98. The van der Waals surface area contributed by atoms with E-state index in [1.54, 1.807) is 0 Å². The first-order valence-electron chi connectivity index (χ1n) is 10.5. The van der Waals surface area contributed by atoms with Crippen LogP contribution in [0.25, 0.3) is 22.0 Å². The quantitative estimate of drug-likeness (QED) is 0.497. The van der Waals surface area contributed by atoms with Crippen LogP contribution in [0.15, 0.2) is 60.7 Å². The number of nitrogens with one attached hydrogen (secondary N) is 2. The van der Waals surface area contributed by atoms with E-state index in [0.717, 1.165) is 33.3 Å². The number of anilines is 2. The molecule has 0 aliphatic carbocycles. The molecule has 2 heterocycles. The van der Waals surface area contributed by atoms with Crippen molar-refractivity contribution in [2.24, 2.45) is 0 Å². The zero-order valence-electron chi connectivity index (χ0n) is 18.0. The van der Waals surface area contributed by atoms with E-state index in [0.29, 0.717) is 30.5 Å². The summed E-state index contributed by atoms with van der Waals surface area (Å²) in [7, 11) is 4.04. The molecule has 0 spiro atoms. The molecule has 5 rings (SSSR count). The van der Waals surface area contributed by atoms with E-state index in [1.165, 1.54) is 0 Å². The highest BCUT2D eigenvalue weighted by Gasteiger charge is 2.15. The van der Waals surface area contributed by atoms with Crippen LogP contribution in [-0.4, -0.2) is 43.4 Å². The summed E-state index contributed by atoms with van der Waals surface area (Å²) >= 11 is 0. The molecule has 0 saturated heterocycles. The summed E-state index contributed by atoms with van der Waals surface area (Å²) in [6, 6.07) is 20.0. The van der Waals surface area contributed by atoms with Crippen LogP contribution in [0.2, 0.25) is 0 Å². The lowest BCUT2D eigenvalue weighted by Crippen LogP contribution is -2.17. The van der Waals surface area contributed by atoms with Crippen molar-refractivity contribution in [3.63, 3.8) is 0 Å². The molecule has 32 heavy (non-hydrogen) atoms. The van der Waals surface area contributed by atoms with Gasteiger partial charge in [-0.1, -0.05) is 24.3 Å². The second-order valence-corrected chi connectivity index (χ2v) is 7.98.